The molecule has 0 saturated carbocycles. The second-order valence-corrected chi connectivity index (χ2v) is 6.54. The molecule has 0 aliphatic rings. The molecule has 0 radical (unpaired) electrons. The summed E-state index contributed by atoms with van der Waals surface area (Å²) >= 11 is 0. The van der Waals surface area contributed by atoms with Crippen molar-refractivity contribution in [3.63, 3.8) is 0 Å². The first-order chi connectivity index (χ1) is 14.8. The van der Waals surface area contributed by atoms with Gasteiger partial charge < -0.3 is 10.1 Å². The van der Waals surface area contributed by atoms with Crippen LogP contribution in [0.2, 0.25) is 0 Å². The largest absolute Gasteiger partial charge is 0.494 e. The monoisotopic (exact) mass is 431 g/mol. The van der Waals surface area contributed by atoms with Crippen LogP contribution in [-0.4, -0.2) is 28.8 Å². The zero-order valence-corrected chi connectivity index (χ0v) is 16.6. The molecule has 6 nitrogen and oxygen atoms in total. The Morgan fingerprint density at radius 1 is 1.06 bits per heavy atom. The van der Waals surface area contributed by atoms with Crippen LogP contribution in [-0.2, 0) is 12.7 Å². The fourth-order valence-corrected chi connectivity index (χ4v) is 2.95. The minimum absolute atomic E-state index is 0.00360. The molecule has 0 fully saturated rings. The van der Waals surface area contributed by atoms with Crippen molar-refractivity contribution in [3.05, 3.63) is 82.1 Å². The second kappa shape index (κ2) is 9.46. The van der Waals surface area contributed by atoms with Crippen LogP contribution in [0.4, 0.5) is 13.2 Å². The van der Waals surface area contributed by atoms with Crippen LogP contribution in [0.15, 0.2) is 65.5 Å². The molecule has 1 N–H and O–H groups in total. The highest BCUT2D eigenvalue weighted by Crippen LogP contribution is 2.31. The average molecular weight is 431 g/mol. The summed E-state index contributed by atoms with van der Waals surface area (Å²) in [6.45, 7) is 2.36. The van der Waals surface area contributed by atoms with Crippen LogP contribution in [0.1, 0.15) is 22.8 Å². The van der Waals surface area contributed by atoms with Crippen molar-refractivity contribution in [2.75, 3.05) is 13.2 Å². The van der Waals surface area contributed by atoms with Gasteiger partial charge in [-0.15, -0.1) is 0 Å². The van der Waals surface area contributed by atoms with Gasteiger partial charge in [0.15, 0.2) is 0 Å². The molecule has 3 rings (SSSR count). The summed E-state index contributed by atoms with van der Waals surface area (Å²) in [5, 5.41) is 6.69. The first-order valence-corrected chi connectivity index (χ1v) is 9.55. The van der Waals surface area contributed by atoms with Crippen molar-refractivity contribution >= 4 is 5.91 Å². The fourth-order valence-electron chi connectivity index (χ4n) is 2.95. The smallest absolute Gasteiger partial charge is 0.417 e. The minimum Gasteiger partial charge on any atom is -0.494 e. The lowest BCUT2D eigenvalue weighted by atomic mass is 10.1. The Morgan fingerprint density at radius 3 is 2.45 bits per heavy atom. The third-order valence-corrected chi connectivity index (χ3v) is 4.41. The third kappa shape index (κ3) is 5.50. The molecule has 0 unspecified atom stereocenters. The number of hydrogen-bond donors (Lipinski definition) is 1. The van der Waals surface area contributed by atoms with Crippen LogP contribution in [0.25, 0.3) is 11.3 Å². The quantitative estimate of drug-likeness (QED) is 0.618. The molecule has 0 saturated heterocycles. The van der Waals surface area contributed by atoms with E-state index >= 15 is 0 Å². The number of carbonyl (C=O) groups is 1. The van der Waals surface area contributed by atoms with E-state index in [1.807, 2.05) is 6.92 Å². The van der Waals surface area contributed by atoms with E-state index in [2.05, 4.69) is 10.4 Å². The maximum absolute atomic E-state index is 13.1. The molecular formula is C22H20F3N3O3. The van der Waals surface area contributed by atoms with Crippen molar-refractivity contribution in [1.82, 2.24) is 15.1 Å². The molecule has 0 aliphatic carbocycles. The normalized spacial score (nSPS) is 11.2. The van der Waals surface area contributed by atoms with Crippen molar-refractivity contribution in [3.8, 4) is 17.0 Å². The molecule has 162 valence electrons. The van der Waals surface area contributed by atoms with Crippen LogP contribution in [0, 0.1) is 0 Å². The summed E-state index contributed by atoms with van der Waals surface area (Å²) in [5.74, 6) is -0.162. The average Bonchev–Trinajstić information content (AvgIpc) is 2.75. The number of nitrogens with zero attached hydrogens (tertiary/aromatic N) is 2. The summed E-state index contributed by atoms with van der Waals surface area (Å²) in [7, 11) is 0. The topological polar surface area (TPSA) is 73.2 Å². The molecule has 9 heteroatoms. The maximum Gasteiger partial charge on any atom is 0.417 e. The molecule has 1 heterocycles. The molecular weight excluding hydrogens is 411 g/mol. The number of aromatic nitrogens is 2. The standard InChI is InChI=1S/C22H20F3N3O3/c1-2-31-16-9-7-15(8-10-16)19-11-12-20(29)28(27-19)14-13-26-21(30)17-5-3-4-6-18(17)22(23,24)25/h3-12H,2,13-14H2,1H3,(H,26,30). The summed E-state index contributed by atoms with van der Waals surface area (Å²) < 4.78 is 45.8. The van der Waals surface area contributed by atoms with E-state index in [0.29, 0.717) is 18.1 Å². The van der Waals surface area contributed by atoms with Gasteiger partial charge in [-0.3, -0.25) is 9.59 Å². The van der Waals surface area contributed by atoms with E-state index in [4.69, 9.17) is 4.74 Å². The summed E-state index contributed by atoms with van der Waals surface area (Å²) in [6, 6.07) is 14.6. The predicted molar refractivity (Wildman–Crippen MR) is 109 cm³/mol. The molecule has 0 atom stereocenters. The van der Waals surface area contributed by atoms with Crippen molar-refractivity contribution < 1.29 is 22.7 Å². The lowest BCUT2D eigenvalue weighted by molar-refractivity contribution is -0.137. The number of hydrogen-bond acceptors (Lipinski definition) is 4. The fraction of sp³-hybridized carbons (Fsp3) is 0.227. The highest BCUT2D eigenvalue weighted by Gasteiger charge is 2.34. The van der Waals surface area contributed by atoms with E-state index in [9.17, 15) is 22.8 Å². The Bertz CT molecular complexity index is 1110. The van der Waals surface area contributed by atoms with Gasteiger partial charge >= 0.3 is 6.18 Å². The molecule has 1 aromatic heterocycles. The van der Waals surface area contributed by atoms with Crippen LogP contribution >= 0.6 is 0 Å². The molecule has 2 aromatic carbocycles. The number of halogens is 3. The van der Waals surface area contributed by atoms with Crippen LogP contribution in [0.5, 0.6) is 5.75 Å². The number of amides is 1. The Morgan fingerprint density at radius 2 is 1.77 bits per heavy atom. The van der Waals surface area contributed by atoms with E-state index in [0.717, 1.165) is 22.4 Å². The van der Waals surface area contributed by atoms with Crippen molar-refractivity contribution in [1.29, 1.82) is 0 Å². The highest BCUT2D eigenvalue weighted by atomic mass is 19.4. The Balaban J connectivity index is 1.69. The van der Waals surface area contributed by atoms with Gasteiger partial charge in [-0.2, -0.15) is 18.3 Å². The van der Waals surface area contributed by atoms with E-state index < -0.39 is 23.2 Å². The molecule has 0 aliphatic heterocycles. The van der Waals surface area contributed by atoms with Gasteiger partial charge in [0, 0.05) is 18.2 Å². The highest BCUT2D eigenvalue weighted by molar-refractivity contribution is 5.95. The van der Waals surface area contributed by atoms with Crippen LogP contribution in [0.3, 0.4) is 0 Å². The minimum atomic E-state index is -4.64. The van der Waals surface area contributed by atoms with Gasteiger partial charge in [0.25, 0.3) is 11.5 Å². The Kier molecular flexibility index (Phi) is 6.74. The third-order valence-electron chi connectivity index (χ3n) is 4.41. The number of alkyl halides is 3. The molecule has 3 aromatic rings. The van der Waals surface area contributed by atoms with E-state index in [1.165, 1.54) is 18.2 Å². The SMILES string of the molecule is CCOc1ccc(-c2ccc(=O)n(CCNC(=O)c3ccccc3C(F)(F)F)n2)cc1. The zero-order chi connectivity index (χ0) is 22.4. The summed E-state index contributed by atoms with van der Waals surface area (Å²) in [5.41, 5.74) is -0.574. The number of carbonyl (C=O) groups excluding carboxylic acids is 1. The number of rotatable bonds is 7. The first-order valence-electron chi connectivity index (χ1n) is 9.55. The van der Waals surface area contributed by atoms with Gasteiger partial charge in [-0.05, 0) is 49.4 Å². The lowest BCUT2D eigenvalue weighted by Gasteiger charge is -2.13. The Hall–Kier alpha value is -3.62. The van der Waals surface area contributed by atoms with E-state index in [1.54, 1.807) is 30.3 Å². The Labute approximate surface area is 176 Å². The zero-order valence-electron chi connectivity index (χ0n) is 16.6. The van der Waals surface area contributed by atoms with E-state index in [-0.39, 0.29) is 18.6 Å². The number of nitrogens with one attached hydrogen (secondary N) is 1. The van der Waals surface area contributed by atoms with Gasteiger partial charge in [0.05, 0.1) is 30.0 Å². The van der Waals surface area contributed by atoms with Gasteiger partial charge in [-0.25, -0.2) is 4.68 Å². The van der Waals surface area contributed by atoms with Gasteiger partial charge in [0.1, 0.15) is 5.75 Å². The molecule has 0 bridgehead atoms. The predicted octanol–water partition coefficient (Wildman–Crippen LogP) is 3.76. The second-order valence-electron chi connectivity index (χ2n) is 6.54. The number of benzene rings is 2. The molecule has 0 spiro atoms. The molecule has 1 amide bonds. The lowest BCUT2D eigenvalue weighted by Crippen LogP contribution is -2.32. The van der Waals surface area contributed by atoms with Crippen LogP contribution < -0.4 is 15.6 Å². The van der Waals surface area contributed by atoms with Crippen molar-refractivity contribution in [2.24, 2.45) is 0 Å². The molecule has 31 heavy (non-hydrogen) atoms. The van der Waals surface area contributed by atoms with Gasteiger partial charge in [-0.1, -0.05) is 12.1 Å². The maximum atomic E-state index is 13.1. The first kappa shape index (κ1) is 22.1. The summed E-state index contributed by atoms with van der Waals surface area (Å²) in [4.78, 5) is 24.3. The van der Waals surface area contributed by atoms with Crippen molar-refractivity contribution in [2.45, 2.75) is 19.6 Å². The summed E-state index contributed by atoms with van der Waals surface area (Å²) in [6.07, 6.45) is -4.64. The number of ether oxygens (including phenoxy) is 1. The van der Waals surface area contributed by atoms with Gasteiger partial charge in [0.2, 0.25) is 0 Å².